The molecule has 0 fully saturated rings. The van der Waals surface area contributed by atoms with E-state index in [1.165, 1.54) is 0 Å². The molecule has 2 unspecified atom stereocenters. The van der Waals surface area contributed by atoms with Gasteiger partial charge in [0.2, 0.25) is 0 Å². The molecule has 0 aromatic heterocycles. The third-order valence-corrected chi connectivity index (χ3v) is 5.45. The summed E-state index contributed by atoms with van der Waals surface area (Å²) in [6.45, 7) is 3.53. The van der Waals surface area contributed by atoms with E-state index in [1.54, 1.807) is 13.8 Å². The molecule has 0 amide bonds. The fraction of sp³-hybridized carbons (Fsp3) is 1.00. The molecule has 0 aromatic carbocycles. The van der Waals surface area contributed by atoms with Gasteiger partial charge in [-0.15, -0.1) is 23.2 Å². The minimum atomic E-state index is -2.83. The summed E-state index contributed by atoms with van der Waals surface area (Å²) in [6.07, 6.45) is 0.806. The predicted octanol–water partition coefficient (Wildman–Crippen LogP) is 4.58. The number of halogens is 4. The van der Waals surface area contributed by atoms with E-state index in [2.05, 4.69) is 0 Å². The molecule has 16 heavy (non-hydrogen) atoms. The zero-order valence-electron chi connectivity index (χ0n) is 9.07. The summed E-state index contributed by atoms with van der Waals surface area (Å²) in [5.74, 6) is 0.0141. The van der Waals surface area contributed by atoms with Crippen LogP contribution >= 0.6 is 54.7 Å². The molecule has 0 aliphatic heterocycles. The third-order valence-electron chi connectivity index (χ3n) is 1.99. The molecule has 3 nitrogen and oxygen atoms in total. The average Bonchev–Trinajstić information content (AvgIpc) is 2.28. The highest BCUT2D eigenvalue weighted by molar-refractivity contribution is 7.33. The molecule has 0 aliphatic rings. The van der Waals surface area contributed by atoms with Gasteiger partial charge in [-0.2, -0.15) is 0 Å². The molecular formula is C8H15Cl4O3P. The smallest absolute Gasteiger partial charge is 0.286 e. The van der Waals surface area contributed by atoms with Crippen molar-refractivity contribution in [1.29, 1.82) is 0 Å². The molecule has 0 saturated heterocycles. The second kappa shape index (κ2) is 7.68. The maximum atomic E-state index is 11.6. The molecule has 0 heterocycles. The molecule has 0 aliphatic carbocycles. The summed E-state index contributed by atoms with van der Waals surface area (Å²) in [4.78, 5) is 0. The van der Waals surface area contributed by atoms with Gasteiger partial charge in [0.25, 0.3) is 0 Å². The van der Waals surface area contributed by atoms with E-state index >= 15 is 0 Å². The van der Waals surface area contributed by atoms with Crippen LogP contribution in [0.1, 0.15) is 26.7 Å². The molecule has 0 bridgehead atoms. The van der Waals surface area contributed by atoms with Crippen molar-refractivity contribution in [2.24, 2.45) is 0 Å². The molecule has 2 atom stereocenters. The first-order valence-corrected chi connectivity index (χ1v) is 7.81. The molecule has 0 spiro atoms. The largest absolute Gasteiger partial charge is 0.322 e. The Morgan fingerprint density at radius 3 is 1.50 bits per heavy atom. The maximum Gasteiger partial charge on any atom is 0.322 e. The van der Waals surface area contributed by atoms with Crippen LogP contribution in [0.4, 0.5) is 0 Å². The van der Waals surface area contributed by atoms with Gasteiger partial charge in [0.05, 0.1) is 11.8 Å². The van der Waals surface area contributed by atoms with Crippen LogP contribution in [-0.2, 0) is 13.6 Å². The Labute approximate surface area is 117 Å². The molecule has 0 radical (unpaired) electrons. The van der Waals surface area contributed by atoms with Crippen LogP contribution in [0.5, 0.6) is 0 Å². The van der Waals surface area contributed by atoms with E-state index in [-0.39, 0.29) is 11.8 Å². The van der Waals surface area contributed by atoms with E-state index in [0.717, 1.165) is 0 Å². The first-order valence-electron chi connectivity index (χ1n) is 4.76. The Morgan fingerprint density at radius 1 is 1.00 bits per heavy atom. The molecule has 98 valence electrons. The SMILES string of the molecule is CCC(Cl)(CCl)O[PH](=O)OC(Cl)(CC)CCl. The number of rotatable bonds is 8. The van der Waals surface area contributed by atoms with Crippen molar-refractivity contribution >= 4 is 54.7 Å². The second-order valence-corrected chi connectivity index (χ2v) is 6.02. The Hall–Kier alpha value is 1.31. The summed E-state index contributed by atoms with van der Waals surface area (Å²) in [5, 5.41) is -2.37. The van der Waals surface area contributed by atoms with Crippen LogP contribution in [0.15, 0.2) is 0 Å². The second-order valence-electron chi connectivity index (χ2n) is 3.19. The van der Waals surface area contributed by atoms with Gasteiger partial charge in [0.15, 0.2) is 10.1 Å². The van der Waals surface area contributed by atoms with E-state index < -0.39 is 18.4 Å². The van der Waals surface area contributed by atoms with Crippen LogP contribution < -0.4 is 0 Å². The minimum absolute atomic E-state index is 0.00705. The lowest BCUT2D eigenvalue weighted by Gasteiger charge is -2.27. The van der Waals surface area contributed by atoms with Gasteiger partial charge in [-0.05, 0) is 12.8 Å². The summed E-state index contributed by atoms with van der Waals surface area (Å²) in [6, 6.07) is 0. The Morgan fingerprint density at radius 2 is 1.31 bits per heavy atom. The summed E-state index contributed by atoms with van der Waals surface area (Å²) < 4.78 is 21.7. The number of hydrogen-bond acceptors (Lipinski definition) is 3. The lowest BCUT2D eigenvalue weighted by atomic mass is 10.3. The topological polar surface area (TPSA) is 35.5 Å². The predicted molar refractivity (Wildman–Crippen MR) is 70.4 cm³/mol. The van der Waals surface area contributed by atoms with Crippen molar-refractivity contribution in [2.45, 2.75) is 36.8 Å². The first-order chi connectivity index (χ1) is 7.34. The van der Waals surface area contributed by atoms with Crippen molar-refractivity contribution < 1.29 is 13.6 Å². The fourth-order valence-electron chi connectivity index (χ4n) is 0.707. The Kier molecular flexibility index (Phi) is 8.31. The lowest BCUT2D eigenvalue weighted by Crippen LogP contribution is -2.27. The highest BCUT2D eigenvalue weighted by atomic mass is 35.5. The monoisotopic (exact) mass is 330 g/mol. The van der Waals surface area contributed by atoms with Crippen LogP contribution in [0.3, 0.4) is 0 Å². The van der Waals surface area contributed by atoms with E-state index in [9.17, 15) is 4.57 Å². The van der Waals surface area contributed by atoms with Crippen molar-refractivity contribution in [3.05, 3.63) is 0 Å². The zero-order chi connectivity index (χ0) is 12.8. The Bertz CT molecular complexity index is 209. The van der Waals surface area contributed by atoms with Gasteiger partial charge in [0.1, 0.15) is 0 Å². The third kappa shape index (κ3) is 5.77. The van der Waals surface area contributed by atoms with Crippen LogP contribution in [0.2, 0.25) is 0 Å². The minimum Gasteiger partial charge on any atom is -0.286 e. The molecule has 0 saturated carbocycles. The van der Waals surface area contributed by atoms with Crippen molar-refractivity contribution in [3.8, 4) is 0 Å². The van der Waals surface area contributed by atoms with Crippen molar-refractivity contribution in [3.63, 3.8) is 0 Å². The van der Waals surface area contributed by atoms with E-state index in [0.29, 0.717) is 12.8 Å². The van der Waals surface area contributed by atoms with Crippen LogP contribution in [-0.4, -0.2) is 21.9 Å². The molecule has 0 N–H and O–H groups in total. The average molecular weight is 332 g/mol. The van der Waals surface area contributed by atoms with Gasteiger partial charge >= 0.3 is 8.25 Å². The van der Waals surface area contributed by atoms with Crippen LogP contribution in [0.25, 0.3) is 0 Å². The molecule has 8 heteroatoms. The van der Waals surface area contributed by atoms with Gasteiger partial charge in [-0.3, -0.25) is 13.6 Å². The van der Waals surface area contributed by atoms with Gasteiger partial charge < -0.3 is 0 Å². The standard InChI is InChI=1S/C8H15Cl4O3P/c1-3-7(11,5-9)14-16(13)15-8(12,4-2)6-10/h16H,3-6H2,1-2H3. The molecule has 0 aromatic rings. The van der Waals surface area contributed by atoms with Gasteiger partial charge in [-0.1, -0.05) is 37.0 Å². The summed E-state index contributed by atoms with van der Waals surface area (Å²) in [7, 11) is -2.83. The fourth-order valence-corrected chi connectivity index (χ4v) is 2.83. The summed E-state index contributed by atoms with van der Waals surface area (Å²) in [5.41, 5.74) is 0. The van der Waals surface area contributed by atoms with E-state index in [1.807, 2.05) is 0 Å². The Balaban J connectivity index is 4.38. The van der Waals surface area contributed by atoms with Crippen LogP contribution in [0, 0.1) is 0 Å². The maximum absolute atomic E-state index is 11.6. The summed E-state index contributed by atoms with van der Waals surface area (Å²) >= 11 is 23.1. The normalized spacial score (nSPS) is 21.1. The molecular weight excluding hydrogens is 317 g/mol. The van der Waals surface area contributed by atoms with Crippen molar-refractivity contribution in [1.82, 2.24) is 0 Å². The number of alkyl halides is 4. The highest BCUT2D eigenvalue weighted by Gasteiger charge is 2.33. The van der Waals surface area contributed by atoms with Gasteiger partial charge in [0, 0.05) is 0 Å². The van der Waals surface area contributed by atoms with Crippen molar-refractivity contribution in [2.75, 3.05) is 11.8 Å². The highest BCUT2D eigenvalue weighted by Crippen LogP contribution is 2.42. The quantitative estimate of drug-likeness (QED) is 0.482. The lowest BCUT2D eigenvalue weighted by molar-refractivity contribution is 0.104. The first kappa shape index (κ1) is 17.3. The van der Waals surface area contributed by atoms with Gasteiger partial charge in [-0.25, -0.2) is 0 Å². The number of hydrogen-bond donors (Lipinski definition) is 0. The van der Waals surface area contributed by atoms with E-state index in [4.69, 9.17) is 55.5 Å². The zero-order valence-corrected chi connectivity index (χ0v) is 13.1. The molecule has 0 rings (SSSR count).